The minimum Gasteiger partial charge on any atom is -0.466 e. The summed E-state index contributed by atoms with van der Waals surface area (Å²) in [5.74, 6) is -1.98. The third-order valence-corrected chi connectivity index (χ3v) is 8.18. The zero-order valence-electron chi connectivity index (χ0n) is 24.4. The summed E-state index contributed by atoms with van der Waals surface area (Å²) in [6.07, 6.45) is -4.48. The Morgan fingerprint density at radius 2 is 1.81 bits per heavy atom. The van der Waals surface area contributed by atoms with E-state index in [9.17, 15) is 27.6 Å². The largest absolute Gasteiger partial charge is 0.466 e. The molecule has 42 heavy (non-hydrogen) atoms. The second-order valence-electron chi connectivity index (χ2n) is 11.0. The first-order valence-electron chi connectivity index (χ1n) is 14.1. The first-order chi connectivity index (χ1) is 19.8. The molecule has 1 fully saturated rings. The summed E-state index contributed by atoms with van der Waals surface area (Å²) in [7, 11) is 0. The molecule has 0 aromatic heterocycles. The summed E-state index contributed by atoms with van der Waals surface area (Å²) >= 11 is 0.972. The molecule has 2 unspecified atom stereocenters. The number of likely N-dealkylation sites (tertiary alicyclic amines) is 1. The van der Waals surface area contributed by atoms with Crippen LogP contribution in [-0.4, -0.2) is 64.8 Å². The van der Waals surface area contributed by atoms with Crippen molar-refractivity contribution >= 4 is 34.8 Å². The number of carbonyl (C=O) groups excluding carboxylic acids is 3. The number of benzene rings is 1. The molecule has 3 aliphatic rings. The van der Waals surface area contributed by atoms with Crippen molar-refractivity contribution in [3.05, 3.63) is 57.8 Å². The van der Waals surface area contributed by atoms with Gasteiger partial charge in [-0.25, -0.2) is 9.79 Å². The van der Waals surface area contributed by atoms with Gasteiger partial charge in [-0.05, 0) is 56.1 Å². The smallest absolute Gasteiger partial charge is 0.434 e. The van der Waals surface area contributed by atoms with Crippen molar-refractivity contribution in [1.82, 2.24) is 9.80 Å². The highest BCUT2D eigenvalue weighted by atomic mass is 32.2. The van der Waals surface area contributed by atoms with E-state index in [1.807, 2.05) is 26.0 Å². The van der Waals surface area contributed by atoms with E-state index in [0.717, 1.165) is 17.3 Å². The van der Waals surface area contributed by atoms with Gasteiger partial charge in [-0.15, -0.1) is 0 Å². The number of hydrogen-bond acceptors (Lipinski definition) is 8. The molecule has 0 N–H and O–H groups in total. The molecule has 0 spiro atoms. The van der Waals surface area contributed by atoms with E-state index in [1.165, 1.54) is 4.90 Å². The molecule has 1 saturated heterocycles. The van der Waals surface area contributed by atoms with E-state index in [2.05, 4.69) is 4.99 Å². The molecule has 4 rings (SSSR count). The van der Waals surface area contributed by atoms with E-state index in [0.29, 0.717) is 30.6 Å². The van der Waals surface area contributed by atoms with Crippen LogP contribution < -0.4 is 0 Å². The monoisotopic (exact) mass is 607 g/mol. The lowest BCUT2D eigenvalue weighted by Gasteiger charge is -2.38. The highest BCUT2D eigenvalue weighted by Gasteiger charge is 2.49. The average molecular weight is 608 g/mol. The first-order valence-corrected chi connectivity index (χ1v) is 15.0. The number of ether oxygens (including phenoxy) is 2. The number of piperidine rings is 1. The number of esters is 2. The van der Waals surface area contributed by atoms with Crippen LogP contribution in [-0.2, 0) is 23.9 Å². The zero-order valence-corrected chi connectivity index (χ0v) is 25.2. The number of aliphatic imine (C=N–C) groups is 1. The Balaban J connectivity index is 1.71. The molecule has 0 saturated carbocycles. The molecule has 8 nitrogen and oxygen atoms in total. The van der Waals surface area contributed by atoms with E-state index in [4.69, 9.17) is 9.47 Å². The van der Waals surface area contributed by atoms with Gasteiger partial charge in [-0.3, -0.25) is 9.59 Å². The predicted octanol–water partition coefficient (Wildman–Crippen LogP) is 6.07. The third-order valence-electron chi connectivity index (χ3n) is 7.29. The number of thioether (sulfide) groups is 1. The summed E-state index contributed by atoms with van der Waals surface area (Å²) in [5, 5.41) is 1.62. The van der Waals surface area contributed by atoms with Crippen molar-refractivity contribution in [3.8, 4) is 0 Å². The molecular formula is C30H36F3N3O5S. The molecule has 0 radical (unpaired) electrons. The predicted molar refractivity (Wildman–Crippen MR) is 153 cm³/mol. The molecule has 1 aromatic rings. The molecular weight excluding hydrogens is 571 g/mol. The van der Waals surface area contributed by atoms with Crippen LogP contribution in [0.3, 0.4) is 0 Å². The van der Waals surface area contributed by atoms with Gasteiger partial charge in [0.05, 0.1) is 36.7 Å². The molecule has 2 atom stereocenters. The van der Waals surface area contributed by atoms with Crippen molar-refractivity contribution in [1.29, 1.82) is 0 Å². The Hall–Kier alpha value is -3.28. The van der Waals surface area contributed by atoms with Crippen LogP contribution in [0.2, 0.25) is 0 Å². The van der Waals surface area contributed by atoms with E-state index in [-0.39, 0.29) is 42.5 Å². The maximum Gasteiger partial charge on any atom is 0.434 e. The molecule has 0 bridgehead atoms. The zero-order chi connectivity index (χ0) is 30.8. The van der Waals surface area contributed by atoms with Gasteiger partial charge < -0.3 is 19.3 Å². The number of fused-ring (bicyclic) bond motifs is 1. The first kappa shape index (κ1) is 31.7. The number of hydrogen-bond donors (Lipinski definition) is 0. The lowest BCUT2D eigenvalue weighted by molar-refractivity contribution is -0.151. The van der Waals surface area contributed by atoms with E-state index < -0.39 is 41.5 Å². The Labute approximate surface area is 248 Å². The normalized spacial score (nSPS) is 20.9. The van der Waals surface area contributed by atoms with Crippen molar-refractivity contribution in [2.24, 2.45) is 10.9 Å². The van der Waals surface area contributed by atoms with Crippen LogP contribution in [0.4, 0.5) is 13.2 Å². The minimum atomic E-state index is -4.92. The maximum absolute atomic E-state index is 14.4. The maximum atomic E-state index is 14.4. The van der Waals surface area contributed by atoms with E-state index >= 15 is 0 Å². The molecule has 228 valence electrons. The molecule has 3 heterocycles. The number of amidine groups is 1. The van der Waals surface area contributed by atoms with Crippen molar-refractivity contribution in [2.75, 3.05) is 19.7 Å². The van der Waals surface area contributed by atoms with Gasteiger partial charge in [0.15, 0.2) is 10.9 Å². The second kappa shape index (κ2) is 12.9. The Kier molecular flexibility index (Phi) is 9.74. The molecule has 3 aliphatic heterocycles. The fourth-order valence-corrected chi connectivity index (χ4v) is 6.18. The van der Waals surface area contributed by atoms with Crippen molar-refractivity contribution in [2.45, 2.75) is 78.1 Å². The number of amides is 1. The lowest BCUT2D eigenvalue weighted by Crippen LogP contribution is -2.44. The third kappa shape index (κ3) is 6.85. The minimum absolute atomic E-state index is 0.0206. The van der Waals surface area contributed by atoms with Gasteiger partial charge in [0.1, 0.15) is 0 Å². The van der Waals surface area contributed by atoms with Crippen LogP contribution in [0, 0.1) is 5.92 Å². The van der Waals surface area contributed by atoms with Crippen LogP contribution in [0.5, 0.6) is 0 Å². The van der Waals surface area contributed by atoms with Gasteiger partial charge in [0.25, 0.3) is 0 Å². The Bertz CT molecular complexity index is 1300. The average Bonchev–Trinajstić information content (AvgIpc) is 3.33. The summed E-state index contributed by atoms with van der Waals surface area (Å²) in [4.78, 5) is 46.1. The SMILES string of the molecule is CCOC(=O)C1CCCN(C(=O)CC2=CSC3=NC(C(F)(F)F)=C(C(=O)OC(C)C)C(c4ccc(C(C)C)cc4)N23)C1. The number of nitrogens with zero attached hydrogens (tertiary/aromatic N) is 3. The highest BCUT2D eigenvalue weighted by Crippen LogP contribution is 2.48. The van der Waals surface area contributed by atoms with Gasteiger partial charge in [-0.1, -0.05) is 49.9 Å². The van der Waals surface area contributed by atoms with Gasteiger partial charge in [0.2, 0.25) is 5.91 Å². The van der Waals surface area contributed by atoms with E-state index in [1.54, 1.807) is 43.2 Å². The standard InChI is InChI=1S/C30H36F3N3O5S/c1-6-40-27(38)21-8-7-13-35(15-21)23(37)14-22-16-42-29-34-26(30(31,32)33)24(28(39)41-18(4)5)25(36(22)29)20-11-9-19(10-12-20)17(2)3/h9-12,16-18,21,25H,6-8,13-15H2,1-5H3. The number of carbonyl (C=O) groups is 3. The fraction of sp³-hybridized carbons (Fsp3) is 0.533. The quantitative estimate of drug-likeness (QED) is 0.332. The highest BCUT2D eigenvalue weighted by molar-refractivity contribution is 8.16. The van der Waals surface area contributed by atoms with Gasteiger partial charge in [-0.2, -0.15) is 13.2 Å². The number of allylic oxidation sites excluding steroid dienone is 1. The van der Waals surface area contributed by atoms with Crippen LogP contribution in [0.15, 0.2) is 51.6 Å². The summed E-state index contributed by atoms with van der Waals surface area (Å²) in [6, 6.07) is 5.84. The summed E-state index contributed by atoms with van der Waals surface area (Å²) in [6.45, 7) is 9.78. The molecule has 1 amide bonds. The molecule has 1 aromatic carbocycles. The number of alkyl halides is 3. The van der Waals surface area contributed by atoms with Crippen LogP contribution in [0.25, 0.3) is 0 Å². The molecule has 0 aliphatic carbocycles. The number of halogens is 3. The van der Waals surface area contributed by atoms with Crippen molar-refractivity contribution in [3.63, 3.8) is 0 Å². The van der Waals surface area contributed by atoms with Crippen LogP contribution >= 0.6 is 11.8 Å². The fourth-order valence-electron chi connectivity index (χ4n) is 5.26. The van der Waals surface area contributed by atoms with Gasteiger partial charge >= 0.3 is 18.1 Å². The summed E-state index contributed by atoms with van der Waals surface area (Å²) in [5.41, 5.74) is -0.100. The van der Waals surface area contributed by atoms with Gasteiger partial charge in [0, 0.05) is 18.8 Å². The Morgan fingerprint density at radius 1 is 1.12 bits per heavy atom. The Morgan fingerprint density at radius 3 is 2.40 bits per heavy atom. The second-order valence-corrected chi connectivity index (χ2v) is 11.9. The topological polar surface area (TPSA) is 88.5 Å². The number of rotatable bonds is 8. The van der Waals surface area contributed by atoms with Crippen molar-refractivity contribution < 1.29 is 37.0 Å². The van der Waals surface area contributed by atoms with Crippen LogP contribution in [0.1, 0.15) is 77.0 Å². The summed E-state index contributed by atoms with van der Waals surface area (Å²) < 4.78 is 53.6. The molecule has 12 heteroatoms. The lowest BCUT2D eigenvalue weighted by atomic mass is 9.91.